The molecular weight excluding hydrogens is 452 g/mol. The normalized spacial score (nSPS) is 12.7. The summed E-state index contributed by atoms with van der Waals surface area (Å²) in [5.74, 6) is -0.719. The topological polar surface area (TPSA) is 72.2 Å². The molecule has 2 aromatic heterocycles. The van der Waals surface area contributed by atoms with Gasteiger partial charge in [-0.2, -0.15) is 31.4 Å². The molecule has 6 nitrogen and oxygen atoms in total. The summed E-state index contributed by atoms with van der Waals surface area (Å²) in [5.41, 5.74) is -1.15. The molecule has 0 fully saturated rings. The Morgan fingerprint density at radius 2 is 1.79 bits per heavy atom. The first-order chi connectivity index (χ1) is 15.3. The van der Waals surface area contributed by atoms with Crippen LogP contribution in [0, 0.1) is 6.92 Å². The van der Waals surface area contributed by atoms with Crippen molar-refractivity contribution in [2.45, 2.75) is 25.7 Å². The fraction of sp³-hybridized carbons (Fsp3) is 0.238. The van der Waals surface area contributed by atoms with E-state index in [4.69, 9.17) is 0 Å². The molecule has 0 saturated carbocycles. The number of hydrogen-bond acceptors (Lipinski definition) is 4. The van der Waals surface area contributed by atoms with Crippen molar-refractivity contribution < 1.29 is 31.1 Å². The van der Waals surface area contributed by atoms with Crippen LogP contribution in [0.15, 0.2) is 53.7 Å². The van der Waals surface area contributed by atoms with Crippen LogP contribution in [0.4, 0.5) is 32.0 Å². The van der Waals surface area contributed by atoms with Gasteiger partial charge in [0.25, 0.3) is 5.91 Å². The van der Waals surface area contributed by atoms with Gasteiger partial charge in [0.2, 0.25) is 0 Å². The van der Waals surface area contributed by atoms with Crippen LogP contribution in [0.25, 0.3) is 0 Å². The van der Waals surface area contributed by atoms with Crippen molar-refractivity contribution in [1.82, 2.24) is 20.1 Å². The van der Waals surface area contributed by atoms with E-state index in [2.05, 4.69) is 20.4 Å². The molecule has 2 heterocycles. The Bertz CT molecular complexity index is 1180. The number of aromatic nitrogens is 3. The van der Waals surface area contributed by atoms with Crippen LogP contribution in [-0.4, -0.2) is 26.5 Å². The Morgan fingerprint density at radius 1 is 1.06 bits per heavy atom. The third kappa shape index (κ3) is 6.18. The maximum Gasteiger partial charge on any atom is 0.433 e. The standard InChI is InChI=1S/C21H17F6N5O/c1-12-8-16(32(2)31-12)19(33)30-18(9-13-6-7-17(28-11-13)21(25,26)27)29-15-5-3-4-14(10-15)20(22,23)24/h3-8,10-11H,9H2,1-2H3,(H,29,30,33). The van der Waals surface area contributed by atoms with Gasteiger partial charge in [0, 0.05) is 19.7 Å². The lowest BCUT2D eigenvalue weighted by molar-refractivity contribution is -0.141. The molecule has 1 N–H and O–H groups in total. The first-order valence-electron chi connectivity index (χ1n) is 9.42. The first kappa shape index (κ1) is 24.0. The number of amidine groups is 1. The van der Waals surface area contributed by atoms with Gasteiger partial charge in [-0.15, -0.1) is 0 Å². The Balaban J connectivity index is 1.95. The summed E-state index contributed by atoms with van der Waals surface area (Å²) in [6.07, 6.45) is -8.45. The number of pyridine rings is 1. The second-order valence-corrected chi connectivity index (χ2v) is 7.08. The van der Waals surface area contributed by atoms with E-state index in [1.54, 1.807) is 6.92 Å². The predicted molar refractivity (Wildman–Crippen MR) is 107 cm³/mol. The number of carbonyl (C=O) groups excluding carboxylic acids is 1. The maximum absolute atomic E-state index is 13.0. The zero-order valence-electron chi connectivity index (χ0n) is 17.3. The van der Waals surface area contributed by atoms with E-state index in [1.807, 2.05) is 0 Å². The highest BCUT2D eigenvalue weighted by molar-refractivity contribution is 6.06. The second-order valence-electron chi connectivity index (χ2n) is 7.08. The zero-order chi connectivity index (χ0) is 24.4. The first-order valence-corrected chi connectivity index (χ1v) is 9.42. The molecule has 1 amide bonds. The minimum atomic E-state index is -4.63. The van der Waals surface area contributed by atoms with E-state index < -0.39 is 29.5 Å². The lowest BCUT2D eigenvalue weighted by Gasteiger charge is -2.12. The molecule has 3 aromatic rings. The highest BCUT2D eigenvalue weighted by Crippen LogP contribution is 2.31. The molecule has 12 heteroatoms. The summed E-state index contributed by atoms with van der Waals surface area (Å²) in [4.78, 5) is 20.1. The molecule has 0 aliphatic carbocycles. The minimum Gasteiger partial charge on any atom is -0.308 e. The van der Waals surface area contributed by atoms with Crippen LogP contribution in [0.3, 0.4) is 0 Å². The van der Waals surface area contributed by atoms with Crippen LogP contribution in [0.2, 0.25) is 0 Å². The van der Waals surface area contributed by atoms with Crippen molar-refractivity contribution >= 4 is 17.4 Å². The Hall–Kier alpha value is -3.70. The summed E-state index contributed by atoms with van der Waals surface area (Å²) >= 11 is 0. The van der Waals surface area contributed by atoms with Crippen LogP contribution in [0.1, 0.15) is 33.0 Å². The Labute approximate surface area is 184 Å². The molecule has 0 aliphatic rings. The van der Waals surface area contributed by atoms with E-state index in [0.29, 0.717) is 5.69 Å². The lowest BCUT2D eigenvalue weighted by atomic mass is 10.1. The van der Waals surface area contributed by atoms with Crippen molar-refractivity contribution in [3.8, 4) is 0 Å². The summed E-state index contributed by atoms with van der Waals surface area (Å²) in [5, 5.41) is 6.56. The van der Waals surface area contributed by atoms with E-state index in [0.717, 1.165) is 36.5 Å². The third-order valence-electron chi connectivity index (χ3n) is 4.42. The molecule has 174 valence electrons. The highest BCUT2D eigenvalue weighted by Gasteiger charge is 2.32. The molecule has 0 saturated heterocycles. The van der Waals surface area contributed by atoms with Crippen LogP contribution in [-0.2, 0) is 25.8 Å². The van der Waals surface area contributed by atoms with Crippen LogP contribution < -0.4 is 5.32 Å². The lowest BCUT2D eigenvalue weighted by Crippen LogP contribution is -2.33. The predicted octanol–water partition coefficient (Wildman–Crippen LogP) is 4.86. The number of nitrogens with zero attached hydrogens (tertiary/aromatic N) is 4. The van der Waals surface area contributed by atoms with E-state index in [9.17, 15) is 31.1 Å². The van der Waals surface area contributed by atoms with Gasteiger partial charge in [-0.25, -0.2) is 4.99 Å². The van der Waals surface area contributed by atoms with E-state index in [1.165, 1.54) is 23.9 Å². The zero-order valence-corrected chi connectivity index (χ0v) is 17.3. The summed E-state index contributed by atoms with van der Waals surface area (Å²) in [6.45, 7) is 1.67. The van der Waals surface area contributed by atoms with Gasteiger partial charge in [0.15, 0.2) is 0 Å². The third-order valence-corrected chi connectivity index (χ3v) is 4.42. The number of benzene rings is 1. The van der Waals surface area contributed by atoms with Crippen molar-refractivity contribution in [1.29, 1.82) is 0 Å². The molecule has 33 heavy (non-hydrogen) atoms. The van der Waals surface area contributed by atoms with Crippen LogP contribution >= 0.6 is 0 Å². The number of hydrogen-bond donors (Lipinski definition) is 1. The summed E-state index contributed by atoms with van der Waals surface area (Å²) in [7, 11) is 1.53. The average molecular weight is 469 g/mol. The van der Waals surface area contributed by atoms with Gasteiger partial charge >= 0.3 is 12.4 Å². The number of amides is 1. The number of aryl methyl sites for hydroxylation is 2. The molecule has 0 bridgehead atoms. The number of nitrogens with one attached hydrogen (secondary N) is 1. The molecular formula is C21H17F6N5O. The maximum atomic E-state index is 13.0. The minimum absolute atomic E-state index is 0.0836. The SMILES string of the molecule is Cc1cc(C(=O)NC(Cc2ccc(C(F)(F)F)nc2)=Nc2cccc(C(F)(F)F)c2)n(C)n1. The van der Waals surface area contributed by atoms with Crippen molar-refractivity contribution in [2.24, 2.45) is 12.0 Å². The van der Waals surface area contributed by atoms with Gasteiger partial charge in [-0.3, -0.25) is 14.5 Å². The molecule has 0 unspecified atom stereocenters. The summed E-state index contributed by atoms with van der Waals surface area (Å²) in [6, 6.07) is 7.55. The molecule has 0 radical (unpaired) electrons. The van der Waals surface area contributed by atoms with E-state index in [-0.39, 0.29) is 29.2 Å². The van der Waals surface area contributed by atoms with Gasteiger partial charge in [0.05, 0.1) is 16.9 Å². The van der Waals surface area contributed by atoms with E-state index >= 15 is 0 Å². The Kier molecular flexibility index (Phi) is 6.56. The molecule has 0 aliphatic heterocycles. The van der Waals surface area contributed by atoms with Crippen LogP contribution in [0.5, 0.6) is 0 Å². The largest absolute Gasteiger partial charge is 0.433 e. The number of halogens is 6. The van der Waals surface area contributed by atoms with Crippen molar-refractivity contribution in [2.75, 3.05) is 0 Å². The monoisotopic (exact) mass is 469 g/mol. The molecule has 0 spiro atoms. The quantitative estimate of drug-likeness (QED) is 0.337. The highest BCUT2D eigenvalue weighted by atomic mass is 19.4. The number of rotatable bonds is 4. The average Bonchev–Trinajstić information content (AvgIpc) is 3.05. The smallest absolute Gasteiger partial charge is 0.308 e. The van der Waals surface area contributed by atoms with Gasteiger partial charge in [-0.05, 0) is 42.8 Å². The number of aliphatic imine (C=N–C) groups is 1. The molecule has 0 atom stereocenters. The number of carbonyl (C=O) groups is 1. The van der Waals surface area contributed by atoms with Gasteiger partial charge in [0.1, 0.15) is 17.2 Å². The fourth-order valence-corrected chi connectivity index (χ4v) is 2.93. The fourth-order valence-electron chi connectivity index (χ4n) is 2.93. The van der Waals surface area contributed by atoms with Gasteiger partial charge in [-0.1, -0.05) is 12.1 Å². The molecule has 1 aromatic carbocycles. The van der Waals surface area contributed by atoms with Crippen molar-refractivity contribution in [3.63, 3.8) is 0 Å². The molecule has 3 rings (SSSR count). The Morgan fingerprint density at radius 3 is 2.33 bits per heavy atom. The summed E-state index contributed by atoms with van der Waals surface area (Å²) < 4.78 is 78.7. The van der Waals surface area contributed by atoms with Gasteiger partial charge < -0.3 is 5.32 Å². The second kappa shape index (κ2) is 9.04. The van der Waals surface area contributed by atoms with Crippen molar-refractivity contribution in [3.05, 3.63) is 76.9 Å². The number of alkyl halides is 6.